The van der Waals surface area contributed by atoms with Crippen molar-refractivity contribution in [2.45, 2.75) is 39.2 Å². The number of carbonyl (C=O) groups excluding carboxylic acids is 2. The molecular weight excluding hydrogens is 390 g/mol. The maximum atomic E-state index is 13.3. The lowest BCUT2D eigenvalue weighted by molar-refractivity contribution is -0.139. The molecule has 6 heteroatoms. The minimum Gasteiger partial charge on any atom is -0.477 e. The number of piperidine rings is 1. The van der Waals surface area contributed by atoms with Crippen LogP contribution in [0.2, 0.25) is 0 Å². The molecule has 0 aliphatic carbocycles. The lowest BCUT2D eigenvalue weighted by Gasteiger charge is -2.38. The third-order valence-corrected chi connectivity index (χ3v) is 6.15. The molecule has 0 aromatic heterocycles. The fourth-order valence-corrected chi connectivity index (χ4v) is 4.50. The van der Waals surface area contributed by atoms with E-state index in [1.165, 1.54) is 6.42 Å². The number of likely N-dealkylation sites (tertiary alicyclic amines) is 1. The van der Waals surface area contributed by atoms with Gasteiger partial charge >= 0.3 is 0 Å². The van der Waals surface area contributed by atoms with Crippen LogP contribution in [-0.4, -0.2) is 55.5 Å². The van der Waals surface area contributed by atoms with E-state index in [0.29, 0.717) is 18.8 Å². The van der Waals surface area contributed by atoms with E-state index in [1.807, 2.05) is 77.1 Å². The number of hydrogen-bond donors (Lipinski definition) is 0. The van der Waals surface area contributed by atoms with Crippen molar-refractivity contribution in [1.29, 1.82) is 0 Å². The summed E-state index contributed by atoms with van der Waals surface area (Å²) in [5.41, 5.74) is 2.86. The van der Waals surface area contributed by atoms with Crippen molar-refractivity contribution in [3.05, 3.63) is 54.1 Å². The van der Waals surface area contributed by atoms with E-state index >= 15 is 0 Å². The quantitative estimate of drug-likeness (QED) is 0.740. The fraction of sp³-hybridized carbons (Fsp3) is 0.440. The van der Waals surface area contributed by atoms with E-state index in [0.717, 1.165) is 42.9 Å². The van der Waals surface area contributed by atoms with Crippen molar-refractivity contribution in [1.82, 2.24) is 4.90 Å². The minimum absolute atomic E-state index is 0.0117. The number of nitrogens with zero attached hydrogens (tertiary/aromatic N) is 3. The highest BCUT2D eigenvalue weighted by molar-refractivity contribution is 5.97. The zero-order chi connectivity index (χ0) is 21.8. The van der Waals surface area contributed by atoms with Gasteiger partial charge in [0.25, 0.3) is 5.91 Å². The first-order valence-electron chi connectivity index (χ1n) is 11.2. The van der Waals surface area contributed by atoms with Crippen LogP contribution in [0.5, 0.6) is 5.75 Å². The average Bonchev–Trinajstić information content (AvgIpc) is 2.81. The number of fused-ring (bicyclic) bond motifs is 1. The summed E-state index contributed by atoms with van der Waals surface area (Å²) in [5.74, 6) is 0.700. The molecule has 0 saturated carbocycles. The van der Waals surface area contributed by atoms with E-state index in [-0.39, 0.29) is 18.4 Å². The highest BCUT2D eigenvalue weighted by atomic mass is 16.5. The molecule has 164 valence electrons. The van der Waals surface area contributed by atoms with Gasteiger partial charge in [0, 0.05) is 25.3 Å². The van der Waals surface area contributed by atoms with E-state index in [9.17, 15) is 9.59 Å². The van der Waals surface area contributed by atoms with Gasteiger partial charge in [-0.05, 0) is 56.9 Å². The van der Waals surface area contributed by atoms with Crippen molar-refractivity contribution in [2.24, 2.45) is 0 Å². The molecule has 6 nitrogen and oxygen atoms in total. The number of hydrogen-bond acceptors (Lipinski definition) is 4. The van der Waals surface area contributed by atoms with Crippen LogP contribution in [0.25, 0.3) is 0 Å². The SMILES string of the molecule is CCN(C(=O)CN1C[C@@H](C(=O)N2CCCCC2)Oc2ccccc21)c1ccccc1C. The third-order valence-electron chi connectivity index (χ3n) is 6.15. The summed E-state index contributed by atoms with van der Waals surface area (Å²) in [5, 5.41) is 0. The standard InChI is InChI=1S/C25H31N3O3/c1-3-28(20-12-6-5-11-19(20)2)24(29)18-27-17-23(25(30)26-15-9-4-10-16-26)31-22-14-8-7-13-21(22)27/h5-8,11-14,23H,3-4,9-10,15-18H2,1-2H3/t23-/m0/s1. The molecule has 0 unspecified atom stereocenters. The second-order valence-corrected chi connectivity index (χ2v) is 8.27. The lowest BCUT2D eigenvalue weighted by atomic mass is 10.1. The van der Waals surface area contributed by atoms with E-state index in [2.05, 4.69) is 0 Å². The summed E-state index contributed by atoms with van der Waals surface area (Å²) in [6.07, 6.45) is 2.66. The number of ether oxygens (including phenoxy) is 1. The van der Waals surface area contributed by atoms with Gasteiger partial charge in [0.15, 0.2) is 6.10 Å². The van der Waals surface area contributed by atoms with Crippen LogP contribution in [0.4, 0.5) is 11.4 Å². The summed E-state index contributed by atoms with van der Waals surface area (Å²) < 4.78 is 6.09. The predicted molar refractivity (Wildman–Crippen MR) is 123 cm³/mol. The summed E-state index contributed by atoms with van der Waals surface area (Å²) in [6, 6.07) is 15.6. The maximum absolute atomic E-state index is 13.3. The molecular formula is C25H31N3O3. The topological polar surface area (TPSA) is 53.1 Å². The highest BCUT2D eigenvalue weighted by Gasteiger charge is 2.35. The predicted octanol–water partition coefficient (Wildman–Crippen LogP) is 3.63. The molecule has 1 saturated heterocycles. The summed E-state index contributed by atoms with van der Waals surface area (Å²) in [6.45, 7) is 6.75. The van der Waals surface area contributed by atoms with Gasteiger partial charge in [-0.2, -0.15) is 0 Å². The summed E-state index contributed by atoms with van der Waals surface area (Å²) in [7, 11) is 0. The normalized spacial score (nSPS) is 18.2. The van der Waals surface area contributed by atoms with Gasteiger partial charge in [-0.1, -0.05) is 30.3 Å². The molecule has 1 atom stereocenters. The molecule has 0 N–H and O–H groups in total. The molecule has 2 amide bonds. The molecule has 2 aromatic rings. The molecule has 2 aliphatic heterocycles. The number of carbonyl (C=O) groups is 2. The second kappa shape index (κ2) is 9.41. The summed E-state index contributed by atoms with van der Waals surface area (Å²) >= 11 is 0. The zero-order valence-corrected chi connectivity index (χ0v) is 18.4. The van der Waals surface area contributed by atoms with Crippen LogP contribution in [0, 0.1) is 6.92 Å². The Kier molecular flexibility index (Phi) is 6.44. The molecule has 2 heterocycles. The molecule has 2 aliphatic rings. The first-order valence-corrected chi connectivity index (χ1v) is 11.2. The van der Waals surface area contributed by atoms with Crippen LogP contribution in [0.15, 0.2) is 48.5 Å². The Morgan fingerprint density at radius 1 is 1.03 bits per heavy atom. The molecule has 1 fully saturated rings. The number of likely N-dealkylation sites (N-methyl/N-ethyl adjacent to an activating group) is 1. The molecule has 0 spiro atoms. The number of benzene rings is 2. The summed E-state index contributed by atoms with van der Waals surface area (Å²) in [4.78, 5) is 32.2. The first kappa shape index (κ1) is 21.2. The zero-order valence-electron chi connectivity index (χ0n) is 18.4. The Labute approximate surface area is 184 Å². The van der Waals surface area contributed by atoms with Crippen molar-refractivity contribution in [3.63, 3.8) is 0 Å². The third kappa shape index (κ3) is 4.53. The van der Waals surface area contributed by atoms with Crippen molar-refractivity contribution in [2.75, 3.05) is 42.5 Å². The lowest BCUT2D eigenvalue weighted by Crippen LogP contribution is -2.53. The van der Waals surface area contributed by atoms with Crippen molar-refractivity contribution >= 4 is 23.2 Å². The van der Waals surface area contributed by atoms with Gasteiger partial charge in [-0.3, -0.25) is 9.59 Å². The van der Waals surface area contributed by atoms with Crippen molar-refractivity contribution < 1.29 is 14.3 Å². The van der Waals surface area contributed by atoms with Gasteiger partial charge in [0.2, 0.25) is 5.91 Å². The first-order chi connectivity index (χ1) is 15.1. The Morgan fingerprint density at radius 2 is 1.74 bits per heavy atom. The van der Waals surface area contributed by atoms with Crippen LogP contribution in [-0.2, 0) is 9.59 Å². The van der Waals surface area contributed by atoms with Gasteiger partial charge in [-0.15, -0.1) is 0 Å². The number of amides is 2. The van der Waals surface area contributed by atoms with Gasteiger partial charge in [0.1, 0.15) is 5.75 Å². The van der Waals surface area contributed by atoms with Crippen LogP contribution in [0.1, 0.15) is 31.7 Å². The van der Waals surface area contributed by atoms with Gasteiger partial charge in [-0.25, -0.2) is 0 Å². The van der Waals surface area contributed by atoms with E-state index in [1.54, 1.807) is 0 Å². The van der Waals surface area contributed by atoms with Gasteiger partial charge in [0.05, 0.1) is 18.8 Å². The molecule has 2 aromatic carbocycles. The average molecular weight is 422 g/mol. The van der Waals surface area contributed by atoms with Gasteiger partial charge < -0.3 is 19.4 Å². The Hall–Kier alpha value is -3.02. The second-order valence-electron chi connectivity index (χ2n) is 8.27. The van der Waals surface area contributed by atoms with Crippen molar-refractivity contribution in [3.8, 4) is 5.75 Å². The highest BCUT2D eigenvalue weighted by Crippen LogP contribution is 2.34. The molecule has 0 radical (unpaired) electrons. The number of para-hydroxylation sites is 3. The van der Waals surface area contributed by atoms with Crippen LogP contribution < -0.4 is 14.5 Å². The van der Waals surface area contributed by atoms with Crippen LogP contribution >= 0.6 is 0 Å². The fourth-order valence-electron chi connectivity index (χ4n) is 4.50. The number of rotatable bonds is 5. The Bertz CT molecular complexity index is 939. The Morgan fingerprint density at radius 3 is 2.48 bits per heavy atom. The maximum Gasteiger partial charge on any atom is 0.265 e. The smallest absolute Gasteiger partial charge is 0.265 e. The molecule has 31 heavy (non-hydrogen) atoms. The van der Waals surface area contributed by atoms with E-state index < -0.39 is 6.10 Å². The largest absolute Gasteiger partial charge is 0.477 e. The number of aryl methyl sites for hydroxylation is 1. The molecule has 0 bridgehead atoms. The van der Waals surface area contributed by atoms with Crippen LogP contribution in [0.3, 0.4) is 0 Å². The monoisotopic (exact) mass is 421 g/mol. The molecule has 4 rings (SSSR count). The minimum atomic E-state index is -0.589. The number of anilines is 2. The Balaban J connectivity index is 1.55. The van der Waals surface area contributed by atoms with E-state index in [4.69, 9.17) is 4.74 Å².